The lowest BCUT2D eigenvalue weighted by Crippen LogP contribution is -2.45. The average Bonchev–Trinajstić information content (AvgIpc) is 3.03. The van der Waals surface area contributed by atoms with Crippen LogP contribution in [0.4, 0.5) is 0 Å². The van der Waals surface area contributed by atoms with Crippen molar-refractivity contribution in [2.24, 2.45) is 0 Å². The van der Waals surface area contributed by atoms with E-state index in [1.807, 2.05) is 13.8 Å². The molecule has 6 heteroatoms. The van der Waals surface area contributed by atoms with Crippen molar-refractivity contribution in [3.8, 4) is 0 Å². The van der Waals surface area contributed by atoms with E-state index in [4.69, 9.17) is 4.42 Å². The maximum absolute atomic E-state index is 12.6. The minimum Gasteiger partial charge on any atom is -0.480 e. The molecule has 2 atom stereocenters. The number of thioether (sulfide) groups is 1. The first-order valence-corrected chi connectivity index (χ1v) is 7.38. The maximum Gasteiger partial charge on any atom is 0.327 e. The third-order valence-corrected chi connectivity index (χ3v) is 4.71. The van der Waals surface area contributed by atoms with E-state index in [1.54, 1.807) is 6.07 Å². The van der Waals surface area contributed by atoms with Crippen LogP contribution in [-0.2, 0) is 11.2 Å². The van der Waals surface area contributed by atoms with Gasteiger partial charge >= 0.3 is 5.97 Å². The smallest absolute Gasteiger partial charge is 0.327 e. The molecule has 1 aromatic heterocycles. The number of hydrogen-bond donors (Lipinski definition) is 1. The Bertz CT molecular complexity index is 485. The van der Waals surface area contributed by atoms with E-state index in [1.165, 1.54) is 22.9 Å². The fourth-order valence-corrected chi connectivity index (χ4v) is 3.63. The Kier molecular flexibility index (Phi) is 4.19. The molecule has 1 N–H and O–H groups in total. The van der Waals surface area contributed by atoms with Gasteiger partial charge in [-0.25, -0.2) is 4.79 Å². The summed E-state index contributed by atoms with van der Waals surface area (Å²) in [5.41, 5.74) is 0.481. The molecule has 104 valence electrons. The Hall–Kier alpha value is -1.43. The minimum atomic E-state index is -0.946. The maximum atomic E-state index is 12.6. The zero-order valence-electron chi connectivity index (χ0n) is 11.0. The van der Waals surface area contributed by atoms with E-state index < -0.39 is 12.0 Å². The lowest BCUT2D eigenvalue weighted by atomic mass is 10.1. The molecule has 1 aliphatic heterocycles. The molecule has 2 rings (SSSR count). The quantitative estimate of drug-likeness (QED) is 0.917. The fraction of sp³-hybridized carbons (Fsp3) is 0.538. The van der Waals surface area contributed by atoms with Crippen molar-refractivity contribution in [3.05, 3.63) is 23.7 Å². The number of carboxylic acid groups (broad SMARTS) is 1. The number of aliphatic carboxylic acids is 1. The monoisotopic (exact) mass is 283 g/mol. The Morgan fingerprint density at radius 1 is 1.53 bits per heavy atom. The number of nitrogens with zero attached hydrogens (tertiary/aromatic N) is 1. The number of hydrogen-bond acceptors (Lipinski definition) is 4. The Morgan fingerprint density at radius 3 is 2.84 bits per heavy atom. The van der Waals surface area contributed by atoms with Crippen LogP contribution in [0.15, 0.2) is 16.7 Å². The summed E-state index contributed by atoms with van der Waals surface area (Å²) in [7, 11) is 0. The Morgan fingerprint density at radius 2 is 2.26 bits per heavy atom. The number of aryl methyl sites for hydroxylation is 1. The van der Waals surface area contributed by atoms with Crippen molar-refractivity contribution < 1.29 is 19.1 Å². The number of amides is 1. The standard InChI is InChI=1S/C13H17NO4S/c1-3-10-8(5-6-18-10)12(15)14-9(13(16)17)7-19-11(14)4-2/h5-6,9,11H,3-4,7H2,1-2H3,(H,16,17). The zero-order valence-corrected chi connectivity index (χ0v) is 11.8. The summed E-state index contributed by atoms with van der Waals surface area (Å²) < 4.78 is 5.26. The molecule has 0 spiro atoms. The van der Waals surface area contributed by atoms with Gasteiger partial charge in [0.05, 0.1) is 17.2 Å². The number of carbonyl (C=O) groups is 2. The first kappa shape index (κ1) is 14.0. The summed E-state index contributed by atoms with van der Waals surface area (Å²) in [6.45, 7) is 3.86. The SMILES string of the molecule is CCc1occc1C(=O)N1C(CC)SCC1C(=O)O. The second-order valence-corrected chi connectivity index (χ2v) is 5.58. The van der Waals surface area contributed by atoms with Crippen molar-refractivity contribution in [1.29, 1.82) is 0 Å². The second kappa shape index (κ2) is 5.69. The van der Waals surface area contributed by atoms with E-state index in [0.717, 1.165) is 6.42 Å². The molecule has 0 saturated carbocycles. The topological polar surface area (TPSA) is 70.8 Å². The molecule has 2 unspecified atom stereocenters. The third kappa shape index (κ3) is 2.49. The van der Waals surface area contributed by atoms with Gasteiger partial charge in [-0.2, -0.15) is 0 Å². The molecule has 1 aliphatic rings. The molecule has 0 bridgehead atoms. The summed E-state index contributed by atoms with van der Waals surface area (Å²) in [6, 6.07) is 0.873. The molecular formula is C13H17NO4S. The Balaban J connectivity index is 2.31. The van der Waals surface area contributed by atoms with Gasteiger partial charge in [0, 0.05) is 12.2 Å². The van der Waals surface area contributed by atoms with Gasteiger partial charge in [-0.05, 0) is 12.5 Å². The lowest BCUT2D eigenvalue weighted by Gasteiger charge is -2.26. The summed E-state index contributed by atoms with van der Waals surface area (Å²) in [5.74, 6) is -0.132. The number of furan rings is 1. The molecular weight excluding hydrogens is 266 g/mol. The summed E-state index contributed by atoms with van der Waals surface area (Å²) in [4.78, 5) is 25.3. The minimum absolute atomic E-state index is 0.0757. The van der Waals surface area contributed by atoms with Crippen LogP contribution >= 0.6 is 11.8 Å². The number of carboxylic acids is 1. The molecule has 0 aromatic carbocycles. The van der Waals surface area contributed by atoms with Gasteiger partial charge in [-0.3, -0.25) is 4.79 Å². The number of carbonyl (C=O) groups excluding carboxylic acids is 1. The predicted molar refractivity (Wildman–Crippen MR) is 72.2 cm³/mol. The normalized spacial score (nSPS) is 22.7. The Labute approximate surface area is 116 Å². The van der Waals surface area contributed by atoms with Crippen LogP contribution in [0.25, 0.3) is 0 Å². The van der Waals surface area contributed by atoms with Crippen LogP contribution in [0.5, 0.6) is 0 Å². The van der Waals surface area contributed by atoms with E-state index >= 15 is 0 Å². The molecule has 0 radical (unpaired) electrons. The zero-order chi connectivity index (χ0) is 14.0. The average molecular weight is 283 g/mol. The van der Waals surface area contributed by atoms with Crippen molar-refractivity contribution in [3.63, 3.8) is 0 Å². The number of rotatable bonds is 4. The van der Waals surface area contributed by atoms with Crippen LogP contribution in [0.3, 0.4) is 0 Å². The van der Waals surface area contributed by atoms with Crippen LogP contribution in [-0.4, -0.2) is 39.1 Å². The van der Waals surface area contributed by atoms with Crippen LogP contribution in [0, 0.1) is 0 Å². The first-order chi connectivity index (χ1) is 9.10. The molecule has 1 aromatic rings. The fourth-order valence-electron chi connectivity index (χ4n) is 2.28. The highest BCUT2D eigenvalue weighted by Gasteiger charge is 2.41. The van der Waals surface area contributed by atoms with E-state index in [2.05, 4.69) is 0 Å². The van der Waals surface area contributed by atoms with Crippen molar-refractivity contribution in [1.82, 2.24) is 4.90 Å². The van der Waals surface area contributed by atoms with Gasteiger partial charge in [0.25, 0.3) is 5.91 Å². The third-order valence-electron chi connectivity index (χ3n) is 3.26. The molecule has 1 fully saturated rings. The lowest BCUT2D eigenvalue weighted by molar-refractivity contribution is -0.141. The highest BCUT2D eigenvalue weighted by molar-refractivity contribution is 8.00. The highest BCUT2D eigenvalue weighted by Crippen LogP contribution is 2.33. The molecule has 5 nitrogen and oxygen atoms in total. The van der Waals surface area contributed by atoms with Crippen LogP contribution in [0.2, 0.25) is 0 Å². The first-order valence-electron chi connectivity index (χ1n) is 6.33. The molecule has 19 heavy (non-hydrogen) atoms. The van der Waals surface area contributed by atoms with Gasteiger partial charge in [0.15, 0.2) is 0 Å². The van der Waals surface area contributed by atoms with Crippen molar-refractivity contribution in [2.45, 2.75) is 38.1 Å². The van der Waals surface area contributed by atoms with Gasteiger partial charge < -0.3 is 14.4 Å². The highest BCUT2D eigenvalue weighted by atomic mass is 32.2. The van der Waals surface area contributed by atoms with Gasteiger partial charge in [-0.15, -0.1) is 11.8 Å². The van der Waals surface area contributed by atoms with Crippen molar-refractivity contribution in [2.75, 3.05) is 5.75 Å². The largest absolute Gasteiger partial charge is 0.480 e. The molecule has 2 heterocycles. The van der Waals surface area contributed by atoms with Gasteiger partial charge in [0.1, 0.15) is 11.8 Å². The van der Waals surface area contributed by atoms with Crippen molar-refractivity contribution >= 4 is 23.6 Å². The van der Waals surface area contributed by atoms with E-state index in [0.29, 0.717) is 23.5 Å². The molecule has 1 saturated heterocycles. The molecule has 0 aliphatic carbocycles. The summed E-state index contributed by atoms with van der Waals surface area (Å²) in [5, 5.41) is 9.16. The summed E-state index contributed by atoms with van der Waals surface area (Å²) in [6.07, 6.45) is 2.83. The van der Waals surface area contributed by atoms with E-state index in [9.17, 15) is 14.7 Å². The summed E-state index contributed by atoms with van der Waals surface area (Å²) >= 11 is 1.52. The van der Waals surface area contributed by atoms with E-state index in [-0.39, 0.29) is 11.3 Å². The predicted octanol–water partition coefficient (Wildman–Crippen LogP) is 2.22. The van der Waals surface area contributed by atoms with Crippen LogP contribution in [0.1, 0.15) is 36.4 Å². The second-order valence-electron chi connectivity index (χ2n) is 4.37. The van der Waals surface area contributed by atoms with Crippen LogP contribution < -0.4 is 0 Å². The van der Waals surface area contributed by atoms with Gasteiger partial charge in [-0.1, -0.05) is 13.8 Å². The van der Waals surface area contributed by atoms with Gasteiger partial charge in [0.2, 0.25) is 0 Å². The molecule has 1 amide bonds.